The summed E-state index contributed by atoms with van der Waals surface area (Å²) >= 11 is 0. The highest BCUT2D eigenvalue weighted by Crippen LogP contribution is 2.40. The van der Waals surface area contributed by atoms with E-state index in [9.17, 15) is 0 Å². The SMILES string of the molecule is COc1ccc2c(c1)CCCC2(C)n1nnc2ccccc21. The van der Waals surface area contributed by atoms with E-state index in [0.29, 0.717) is 0 Å². The van der Waals surface area contributed by atoms with Gasteiger partial charge in [0, 0.05) is 0 Å². The first-order valence-electron chi connectivity index (χ1n) is 7.71. The highest BCUT2D eigenvalue weighted by Gasteiger charge is 2.36. The first kappa shape index (κ1) is 13.3. The largest absolute Gasteiger partial charge is 0.497 e. The molecular formula is C18H19N3O. The zero-order valence-electron chi connectivity index (χ0n) is 12.9. The van der Waals surface area contributed by atoms with Crippen LogP contribution in [0.25, 0.3) is 11.0 Å². The molecule has 0 amide bonds. The minimum absolute atomic E-state index is 0.157. The van der Waals surface area contributed by atoms with Crippen molar-refractivity contribution in [3.05, 3.63) is 53.6 Å². The summed E-state index contributed by atoms with van der Waals surface area (Å²) in [5.41, 5.74) is 4.57. The van der Waals surface area contributed by atoms with Gasteiger partial charge in [0.2, 0.25) is 0 Å². The van der Waals surface area contributed by atoms with Crippen LogP contribution in [0.4, 0.5) is 0 Å². The third-order valence-corrected chi connectivity index (χ3v) is 4.82. The van der Waals surface area contributed by atoms with Crippen LogP contribution in [-0.2, 0) is 12.0 Å². The predicted octanol–water partition coefficient (Wildman–Crippen LogP) is 3.54. The second-order valence-electron chi connectivity index (χ2n) is 6.14. The number of aromatic nitrogens is 3. The number of methoxy groups -OCH3 is 1. The molecule has 0 N–H and O–H groups in total. The number of fused-ring (bicyclic) bond motifs is 2. The molecule has 1 aromatic heterocycles. The molecule has 0 fully saturated rings. The van der Waals surface area contributed by atoms with Gasteiger partial charge in [0.05, 0.1) is 18.2 Å². The van der Waals surface area contributed by atoms with Crippen molar-refractivity contribution in [1.82, 2.24) is 15.0 Å². The summed E-state index contributed by atoms with van der Waals surface area (Å²) in [6.07, 6.45) is 3.30. The summed E-state index contributed by atoms with van der Waals surface area (Å²) in [5, 5.41) is 8.80. The molecule has 4 nitrogen and oxygen atoms in total. The average molecular weight is 293 g/mol. The molecular weight excluding hydrogens is 274 g/mol. The van der Waals surface area contributed by atoms with Crippen LogP contribution in [0.5, 0.6) is 5.75 Å². The second kappa shape index (κ2) is 4.83. The molecule has 22 heavy (non-hydrogen) atoms. The fourth-order valence-corrected chi connectivity index (χ4v) is 3.64. The van der Waals surface area contributed by atoms with E-state index < -0.39 is 0 Å². The maximum atomic E-state index is 5.37. The number of rotatable bonds is 2. The topological polar surface area (TPSA) is 39.9 Å². The summed E-state index contributed by atoms with van der Waals surface area (Å²) in [5.74, 6) is 0.923. The summed E-state index contributed by atoms with van der Waals surface area (Å²) in [7, 11) is 1.72. The molecule has 1 aliphatic rings. The number of nitrogens with zero attached hydrogens (tertiary/aromatic N) is 3. The second-order valence-corrected chi connectivity index (χ2v) is 6.14. The zero-order chi connectivity index (χ0) is 15.2. The molecule has 0 spiro atoms. The Labute approximate surface area is 129 Å². The lowest BCUT2D eigenvalue weighted by atomic mass is 9.77. The van der Waals surface area contributed by atoms with Crippen LogP contribution >= 0.6 is 0 Å². The Hall–Kier alpha value is -2.36. The van der Waals surface area contributed by atoms with Crippen LogP contribution in [0.1, 0.15) is 30.9 Å². The smallest absolute Gasteiger partial charge is 0.119 e. The Morgan fingerprint density at radius 2 is 2.05 bits per heavy atom. The molecule has 0 saturated heterocycles. The fourth-order valence-electron chi connectivity index (χ4n) is 3.64. The third kappa shape index (κ3) is 1.83. The number of ether oxygens (including phenoxy) is 1. The maximum Gasteiger partial charge on any atom is 0.119 e. The van der Waals surface area contributed by atoms with Gasteiger partial charge in [-0.1, -0.05) is 23.4 Å². The molecule has 4 heteroatoms. The van der Waals surface area contributed by atoms with E-state index in [1.54, 1.807) is 7.11 Å². The van der Waals surface area contributed by atoms with Crippen LogP contribution in [0, 0.1) is 0 Å². The highest BCUT2D eigenvalue weighted by atomic mass is 16.5. The van der Waals surface area contributed by atoms with Gasteiger partial charge in [-0.2, -0.15) is 0 Å². The fraction of sp³-hybridized carbons (Fsp3) is 0.333. The van der Waals surface area contributed by atoms with E-state index in [2.05, 4.69) is 40.1 Å². The van der Waals surface area contributed by atoms with Crippen molar-refractivity contribution in [3.8, 4) is 5.75 Å². The number of para-hydroxylation sites is 1. The zero-order valence-corrected chi connectivity index (χ0v) is 12.9. The van der Waals surface area contributed by atoms with E-state index in [1.807, 2.05) is 24.3 Å². The molecule has 3 aromatic rings. The van der Waals surface area contributed by atoms with Crippen molar-refractivity contribution in [2.75, 3.05) is 7.11 Å². The molecule has 4 rings (SSSR count). The van der Waals surface area contributed by atoms with Crippen LogP contribution < -0.4 is 4.74 Å². The van der Waals surface area contributed by atoms with Crippen molar-refractivity contribution in [1.29, 1.82) is 0 Å². The molecule has 1 aliphatic carbocycles. The number of hydrogen-bond donors (Lipinski definition) is 0. The Morgan fingerprint density at radius 1 is 1.18 bits per heavy atom. The number of hydrogen-bond acceptors (Lipinski definition) is 3. The average Bonchev–Trinajstić information content (AvgIpc) is 2.99. The third-order valence-electron chi connectivity index (χ3n) is 4.82. The lowest BCUT2D eigenvalue weighted by Gasteiger charge is -2.36. The number of benzene rings is 2. The molecule has 112 valence electrons. The van der Waals surface area contributed by atoms with E-state index in [1.165, 1.54) is 11.1 Å². The van der Waals surface area contributed by atoms with Crippen LogP contribution in [-0.4, -0.2) is 22.1 Å². The van der Waals surface area contributed by atoms with Gasteiger partial charge in [-0.15, -0.1) is 5.10 Å². The maximum absolute atomic E-state index is 5.37. The van der Waals surface area contributed by atoms with Gasteiger partial charge in [-0.05, 0) is 61.6 Å². The standard InChI is InChI=1S/C18H19N3O/c1-18(21-17-8-4-3-7-16(17)19-20-21)11-5-6-13-12-14(22-2)9-10-15(13)18/h3-4,7-10,12H,5-6,11H2,1-2H3. The highest BCUT2D eigenvalue weighted by molar-refractivity contribution is 5.74. The van der Waals surface area contributed by atoms with Gasteiger partial charge in [0.1, 0.15) is 11.3 Å². The first-order chi connectivity index (χ1) is 10.7. The Morgan fingerprint density at radius 3 is 2.91 bits per heavy atom. The van der Waals surface area contributed by atoms with E-state index in [-0.39, 0.29) is 5.54 Å². The van der Waals surface area contributed by atoms with Crippen molar-refractivity contribution in [2.24, 2.45) is 0 Å². The molecule has 1 heterocycles. The molecule has 0 bridgehead atoms. The molecule has 0 radical (unpaired) electrons. The van der Waals surface area contributed by atoms with Gasteiger partial charge >= 0.3 is 0 Å². The number of aryl methyl sites for hydroxylation is 1. The normalized spacial score (nSPS) is 20.8. The minimum Gasteiger partial charge on any atom is -0.497 e. The Bertz CT molecular complexity index is 839. The summed E-state index contributed by atoms with van der Waals surface area (Å²) < 4.78 is 7.46. The lowest BCUT2D eigenvalue weighted by Crippen LogP contribution is -2.36. The molecule has 2 aromatic carbocycles. The Balaban J connectivity index is 1.92. The van der Waals surface area contributed by atoms with Crippen molar-refractivity contribution in [3.63, 3.8) is 0 Å². The van der Waals surface area contributed by atoms with Crippen molar-refractivity contribution in [2.45, 2.75) is 31.7 Å². The first-order valence-corrected chi connectivity index (χ1v) is 7.71. The predicted molar refractivity (Wildman–Crippen MR) is 86.2 cm³/mol. The van der Waals surface area contributed by atoms with E-state index in [0.717, 1.165) is 36.0 Å². The quantitative estimate of drug-likeness (QED) is 0.725. The van der Waals surface area contributed by atoms with Crippen molar-refractivity contribution < 1.29 is 4.74 Å². The van der Waals surface area contributed by atoms with Crippen LogP contribution in [0.15, 0.2) is 42.5 Å². The summed E-state index contributed by atoms with van der Waals surface area (Å²) in [6, 6.07) is 14.5. The monoisotopic (exact) mass is 293 g/mol. The molecule has 0 saturated carbocycles. The Kier molecular flexibility index (Phi) is 2.93. The van der Waals surface area contributed by atoms with Crippen molar-refractivity contribution >= 4 is 11.0 Å². The molecule has 1 unspecified atom stereocenters. The summed E-state index contributed by atoms with van der Waals surface area (Å²) in [4.78, 5) is 0. The molecule has 1 atom stereocenters. The van der Waals surface area contributed by atoms with Gasteiger partial charge < -0.3 is 4.74 Å². The van der Waals surface area contributed by atoms with Gasteiger partial charge in [-0.3, -0.25) is 0 Å². The van der Waals surface area contributed by atoms with Crippen LogP contribution in [0.3, 0.4) is 0 Å². The van der Waals surface area contributed by atoms with Gasteiger partial charge in [0.25, 0.3) is 0 Å². The van der Waals surface area contributed by atoms with Gasteiger partial charge in [0.15, 0.2) is 0 Å². The van der Waals surface area contributed by atoms with Gasteiger partial charge in [-0.25, -0.2) is 4.68 Å². The van der Waals surface area contributed by atoms with E-state index in [4.69, 9.17) is 4.74 Å². The minimum atomic E-state index is -0.157. The van der Waals surface area contributed by atoms with E-state index >= 15 is 0 Å². The molecule has 0 aliphatic heterocycles. The lowest BCUT2D eigenvalue weighted by molar-refractivity contribution is 0.304. The summed E-state index contributed by atoms with van der Waals surface area (Å²) in [6.45, 7) is 2.26. The van der Waals surface area contributed by atoms with Crippen LogP contribution in [0.2, 0.25) is 0 Å².